The lowest BCUT2D eigenvalue weighted by molar-refractivity contribution is 0.00738. The average molecular weight is 342 g/mol. The molecule has 1 aromatic carbocycles. The van der Waals surface area contributed by atoms with Crippen LogP contribution in [-0.2, 0) is 14.8 Å². The number of amides is 1. The summed E-state index contributed by atoms with van der Waals surface area (Å²) < 4.78 is 32.3. The lowest BCUT2D eigenvalue weighted by Crippen LogP contribution is -2.61. The van der Waals surface area contributed by atoms with E-state index in [0.717, 1.165) is 0 Å². The molecule has 7 nitrogen and oxygen atoms in total. The third-order valence-electron chi connectivity index (χ3n) is 3.20. The van der Waals surface area contributed by atoms with Crippen molar-refractivity contribution in [2.75, 3.05) is 13.1 Å². The topological polar surface area (TPSA) is 95.9 Å². The molecular formula is C15H22N2O5S. The molecule has 0 atom stereocenters. The minimum Gasteiger partial charge on any atom is -0.508 e. The Balaban J connectivity index is 1.95. The van der Waals surface area contributed by atoms with E-state index in [1.807, 2.05) is 0 Å². The number of carbonyl (C=O) groups is 1. The Kier molecular flexibility index (Phi) is 4.59. The van der Waals surface area contributed by atoms with E-state index < -0.39 is 21.7 Å². The summed E-state index contributed by atoms with van der Waals surface area (Å²) in [6.45, 7) is 7.53. The van der Waals surface area contributed by atoms with Gasteiger partial charge in [0, 0.05) is 13.1 Å². The van der Waals surface area contributed by atoms with Gasteiger partial charge < -0.3 is 14.7 Å². The number of aromatic hydroxyl groups is 1. The number of hydrogen-bond acceptors (Lipinski definition) is 5. The maximum absolute atomic E-state index is 12.3. The summed E-state index contributed by atoms with van der Waals surface area (Å²) in [4.78, 5) is 13.2. The number of carbonyl (C=O) groups excluding carboxylic acids is 1. The lowest BCUT2D eigenvalue weighted by Gasteiger charge is -2.39. The summed E-state index contributed by atoms with van der Waals surface area (Å²) >= 11 is 0. The van der Waals surface area contributed by atoms with Crippen molar-refractivity contribution in [3.05, 3.63) is 23.8 Å². The van der Waals surface area contributed by atoms with Gasteiger partial charge in [0.15, 0.2) is 0 Å². The first-order chi connectivity index (χ1) is 10.5. The second kappa shape index (κ2) is 6.01. The van der Waals surface area contributed by atoms with Crippen LogP contribution in [0.25, 0.3) is 0 Å². The van der Waals surface area contributed by atoms with E-state index in [-0.39, 0.29) is 29.8 Å². The fraction of sp³-hybridized carbons (Fsp3) is 0.533. The molecule has 1 aromatic rings. The van der Waals surface area contributed by atoms with Crippen molar-refractivity contribution < 1.29 is 23.1 Å². The van der Waals surface area contributed by atoms with E-state index in [9.17, 15) is 18.3 Å². The van der Waals surface area contributed by atoms with Crippen LogP contribution in [0.1, 0.15) is 26.3 Å². The van der Waals surface area contributed by atoms with Crippen LogP contribution in [-0.4, -0.2) is 49.2 Å². The largest absolute Gasteiger partial charge is 0.508 e. The normalized spacial score (nSPS) is 16.1. The van der Waals surface area contributed by atoms with E-state index in [0.29, 0.717) is 5.56 Å². The Morgan fingerprint density at radius 2 is 1.91 bits per heavy atom. The molecule has 0 saturated carbocycles. The summed E-state index contributed by atoms with van der Waals surface area (Å²) in [5.74, 6) is -0.102. The minimum atomic E-state index is -3.74. The zero-order valence-corrected chi connectivity index (χ0v) is 14.5. The molecule has 2 rings (SSSR count). The van der Waals surface area contributed by atoms with Gasteiger partial charge in [-0.15, -0.1) is 0 Å². The molecule has 2 N–H and O–H groups in total. The number of nitrogens with one attached hydrogen (secondary N) is 1. The third-order valence-corrected chi connectivity index (χ3v) is 4.70. The SMILES string of the molecule is Cc1cc(O)cc(S(=O)(=O)NC2CN(C(=O)OC(C)(C)C)C2)c1. The molecule has 23 heavy (non-hydrogen) atoms. The molecule has 1 aliphatic heterocycles. The lowest BCUT2D eigenvalue weighted by atomic mass is 10.1. The monoisotopic (exact) mass is 342 g/mol. The second-order valence-corrected chi connectivity index (χ2v) is 8.42. The highest BCUT2D eigenvalue weighted by atomic mass is 32.2. The number of aryl methyl sites for hydroxylation is 1. The van der Waals surface area contributed by atoms with Crippen LogP contribution >= 0.6 is 0 Å². The number of benzene rings is 1. The van der Waals surface area contributed by atoms with Gasteiger partial charge in [0.05, 0.1) is 10.9 Å². The highest BCUT2D eigenvalue weighted by molar-refractivity contribution is 7.89. The van der Waals surface area contributed by atoms with Crippen LogP contribution in [0.4, 0.5) is 4.79 Å². The number of phenols is 1. The molecule has 0 spiro atoms. The van der Waals surface area contributed by atoms with Gasteiger partial charge in [-0.05, 0) is 51.5 Å². The van der Waals surface area contributed by atoms with Crippen molar-refractivity contribution in [3.8, 4) is 5.75 Å². The fourth-order valence-corrected chi connectivity index (χ4v) is 3.54. The van der Waals surface area contributed by atoms with Crippen LogP contribution < -0.4 is 4.72 Å². The van der Waals surface area contributed by atoms with E-state index in [1.165, 1.54) is 23.1 Å². The van der Waals surface area contributed by atoms with Gasteiger partial charge in [-0.2, -0.15) is 0 Å². The van der Waals surface area contributed by atoms with Crippen LogP contribution in [0.5, 0.6) is 5.75 Å². The maximum Gasteiger partial charge on any atom is 0.410 e. The number of nitrogens with zero attached hydrogens (tertiary/aromatic N) is 1. The first kappa shape index (κ1) is 17.6. The maximum atomic E-state index is 12.3. The first-order valence-corrected chi connectivity index (χ1v) is 8.75. The molecule has 1 fully saturated rings. The van der Waals surface area contributed by atoms with Gasteiger partial charge in [0.25, 0.3) is 0 Å². The molecule has 1 saturated heterocycles. The number of rotatable bonds is 3. The van der Waals surface area contributed by atoms with E-state index >= 15 is 0 Å². The smallest absolute Gasteiger partial charge is 0.410 e. The number of hydrogen-bond donors (Lipinski definition) is 2. The Hall–Kier alpha value is -1.80. The first-order valence-electron chi connectivity index (χ1n) is 7.27. The van der Waals surface area contributed by atoms with Crippen LogP contribution in [0.15, 0.2) is 23.1 Å². The van der Waals surface area contributed by atoms with Crippen LogP contribution in [0.3, 0.4) is 0 Å². The van der Waals surface area contributed by atoms with Gasteiger partial charge in [-0.25, -0.2) is 17.9 Å². The van der Waals surface area contributed by atoms with Crippen LogP contribution in [0.2, 0.25) is 0 Å². The molecular weight excluding hydrogens is 320 g/mol. The van der Waals surface area contributed by atoms with Crippen molar-refractivity contribution in [2.45, 2.75) is 44.2 Å². The van der Waals surface area contributed by atoms with E-state index in [2.05, 4.69) is 4.72 Å². The van der Waals surface area contributed by atoms with Crippen molar-refractivity contribution in [2.24, 2.45) is 0 Å². The zero-order valence-electron chi connectivity index (χ0n) is 13.7. The molecule has 1 aliphatic rings. The molecule has 0 radical (unpaired) electrons. The number of sulfonamides is 1. The van der Waals surface area contributed by atoms with Crippen molar-refractivity contribution >= 4 is 16.1 Å². The number of ether oxygens (including phenoxy) is 1. The molecule has 0 aliphatic carbocycles. The average Bonchev–Trinajstić information content (AvgIpc) is 2.29. The summed E-state index contributed by atoms with van der Waals surface area (Å²) in [6, 6.07) is 3.79. The van der Waals surface area contributed by atoms with E-state index in [1.54, 1.807) is 27.7 Å². The van der Waals surface area contributed by atoms with Gasteiger partial charge in [0.2, 0.25) is 10.0 Å². The molecule has 0 aromatic heterocycles. The third kappa shape index (κ3) is 4.59. The van der Waals surface area contributed by atoms with E-state index in [4.69, 9.17) is 4.74 Å². The zero-order chi connectivity index (χ0) is 17.4. The summed E-state index contributed by atoms with van der Waals surface area (Å²) in [5.41, 5.74) is 0.0650. The fourth-order valence-electron chi connectivity index (χ4n) is 2.20. The van der Waals surface area contributed by atoms with Gasteiger partial charge >= 0.3 is 6.09 Å². The summed E-state index contributed by atoms with van der Waals surface area (Å²) in [6.07, 6.45) is -0.457. The van der Waals surface area contributed by atoms with Crippen molar-refractivity contribution in [3.63, 3.8) is 0 Å². The van der Waals surface area contributed by atoms with Crippen LogP contribution in [0, 0.1) is 6.92 Å². The highest BCUT2D eigenvalue weighted by Gasteiger charge is 2.36. The number of likely N-dealkylation sites (tertiary alicyclic amines) is 1. The Morgan fingerprint density at radius 3 is 2.43 bits per heavy atom. The van der Waals surface area contributed by atoms with Gasteiger partial charge in [0.1, 0.15) is 11.4 Å². The highest BCUT2D eigenvalue weighted by Crippen LogP contribution is 2.21. The quantitative estimate of drug-likeness (QED) is 0.870. The summed E-state index contributed by atoms with van der Waals surface area (Å²) in [7, 11) is -3.74. The Labute approximate surface area is 136 Å². The van der Waals surface area contributed by atoms with Crippen molar-refractivity contribution in [1.29, 1.82) is 0 Å². The standard InChI is InChI=1S/C15H22N2O5S/c1-10-5-12(18)7-13(6-10)23(20,21)16-11-8-17(9-11)14(19)22-15(2,3)4/h5-7,11,16,18H,8-9H2,1-4H3. The molecule has 8 heteroatoms. The van der Waals surface area contributed by atoms with Gasteiger partial charge in [-0.1, -0.05) is 0 Å². The molecule has 128 valence electrons. The predicted octanol–water partition coefficient (Wildman–Crippen LogP) is 1.60. The molecule has 0 unspecified atom stereocenters. The predicted molar refractivity (Wildman–Crippen MR) is 84.8 cm³/mol. The molecule has 1 heterocycles. The van der Waals surface area contributed by atoms with Gasteiger partial charge in [-0.3, -0.25) is 0 Å². The minimum absolute atomic E-state index is 0.00529. The molecule has 1 amide bonds. The van der Waals surface area contributed by atoms with Crippen molar-refractivity contribution in [1.82, 2.24) is 9.62 Å². The Bertz CT molecular complexity index is 683. The summed E-state index contributed by atoms with van der Waals surface area (Å²) in [5, 5.41) is 9.52. The second-order valence-electron chi connectivity index (χ2n) is 6.71. The number of phenolic OH excluding ortho intramolecular Hbond substituents is 1. The Morgan fingerprint density at radius 1 is 1.30 bits per heavy atom. The molecule has 0 bridgehead atoms.